The highest BCUT2D eigenvalue weighted by Gasteiger charge is 2.09. The van der Waals surface area contributed by atoms with Crippen LogP contribution in [0, 0.1) is 19.8 Å². The van der Waals surface area contributed by atoms with Gasteiger partial charge in [-0.25, -0.2) is 0 Å². The summed E-state index contributed by atoms with van der Waals surface area (Å²) in [5.41, 5.74) is 2.18. The number of hydrogen-bond donors (Lipinski definition) is 0. The molecule has 1 rings (SSSR count). The molecule has 0 heterocycles. The Hall–Kier alpha value is -1.31. The maximum absolute atomic E-state index is 11.5. The van der Waals surface area contributed by atoms with Gasteiger partial charge in [-0.2, -0.15) is 0 Å². The fraction of sp³-hybridized carbons (Fsp3) is 0.462. The van der Waals surface area contributed by atoms with Crippen molar-refractivity contribution >= 4 is 5.97 Å². The molecular weight excluding hydrogens is 188 g/mol. The van der Waals surface area contributed by atoms with Gasteiger partial charge in [0.25, 0.3) is 0 Å². The second-order valence-corrected chi connectivity index (χ2v) is 4.27. The van der Waals surface area contributed by atoms with Crippen molar-refractivity contribution in [3.05, 3.63) is 29.3 Å². The Labute approximate surface area is 91.3 Å². The molecule has 0 atom stereocenters. The van der Waals surface area contributed by atoms with Gasteiger partial charge in [0.05, 0.1) is 0 Å². The van der Waals surface area contributed by atoms with Crippen LogP contribution in [0.5, 0.6) is 5.75 Å². The van der Waals surface area contributed by atoms with Gasteiger partial charge in [-0.05, 0) is 37.0 Å². The number of ether oxygens (including phenoxy) is 1. The summed E-state index contributed by atoms with van der Waals surface area (Å²) in [6.45, 7) is 7.98. The Balaban J connectivity index is 2.73. The van der Waals surface area contributed by atoms with Crippen molar-refractivity contribution < 1.29 is 9.53 Å². The third-order valence-corrected chi connectivity index (χ3v) is 2.35. The van der Waals surface area contributed by atoms with Crippen LogP contribution in [0.2, 0.25) is 0 Å². The van der Waals surface area contributed by atoms with Crippen molar-refractivity contribution in [3.8, 4) is 5.75 Å². The molecule has 0 spiro atoms. The molecule has 0 saturated heterocycles. The minimum absolute atomic E-state index is 0.154. The average molecular weight is 206 g/mol. The van der Waals surface area contributed by atoms with Crippen molar-refractivity contribution in [3.63, 3.8) is 0 Å². The number of carbonyl (C=O) groups excluding carboxylic acids is 1. The fourth-order valence-corrected chi connectivity index (χ4v) is 1.33. The smallest absolute Gasteiger partial charge is 0.311 e. The molecule has 0 aromatic heterocycles. The van der Waals surface area contributed by atoms with Crippen LogP contribution in [0.15, 0.2) is 18.2 Å². The quantitative estimate of drug-likeness (QED) is 0.560. The van der Waals surface area contributed by atoms with E-state index in [0.717, 1.165) is 11.1 Å². The minimum atomic E-state index is -0.154. The summed E-state index contributed by atoms with van der Waals surface area (Å²) >= 11 is 0. The largest absolute Gasteiger partial charge is 0.426 e. The zero-order chi connectivity index (χ0) is 11.4. The van der Waals surface area contributed by atoms with Crippen molar-refractivity contribution in [1.82, 2.24) is 0 Å². The molecule has 0 aliphatic heterocycles. The topological polar surface area (TPSA) is 26.3 Å². The lowest BCUT2D eigenvalue weighted by atomic mass is 10.1. The van der Waals surface area contributed by atoms with Gasteiger partial charge < -0.3 is 4.74 Å². The normalized spacial score (nSPS) is 10.5. The molecular formula is C13H18O2. The van der Waals surface area contributed by atoms with E-state index in [1.54, 1.807) is 0 Å². The van der Waals surface area contributed by atoms with Gasteiger partial charge in [-0.3, -0.25) is 4.79 Å². The molecule has 0 unspecified atom stereocenters. The van der Waals surface area contributed by atoms with Gasteiger partial charge in [-0.15, -0.1) is 0 Å². The highest BCUT2D eigenvalue weighted by atomic mass is 16.5. The summed E-state index contributed by atoms with van der Waals surface area (Å²) in [5.74, 6) is 0.863. The summed E-state index contributed by atoms with van der Waals surface area (Å²) in [6, 6.07) is 5.75. The third-order valence-electron chi connectivity index (χ3n) is 2.35. The second-order valence-electron chi connectivity index (χ2n) is 4.27. The van der Waals surface area contributed by atoms with Crippen LogP contribution < -0.4 is 4.74 Å². The van der Waals surface area contributed by atoms with Crippen LogP contribution >= 0.6 is 0 Å². The van der Waals surface area contributed by atoms with Gasteiger partial charge in [0, 0.05) is 6.42 Å². The molecule has 2 heteroatoms. The van der Waals surface area contributed by atoms with Crippen LogP contribution in [0.4, 0.5) is 0 Å². The Bertz CT molecular complexity index is 354. The standard InChI is InChI=1S/C13H18O2/c1-9(2)8-13(14)15-12-7-5-6-10(3)11(12)4/h5-7,9H,8H2,1-4H3. The van der Waals surface area contributed by atoms with Crippen molar-refractivity contribution in [2.24, 2.45) is 5.92 Å². The maximum atomic E-state index is 11.5. The average Bonchev–Trinajstić information content (AvgIpc) is 2.11. The van der Waals surface area contributed by atoms with E-state index in [-0.39, 0.29) is 5.97 Å². The summed E-state index contributed by atoms with van der Waals surface area (Å²) in [5, 5.41) is 0. The van der Waals surface area contributed by atoms with Crippen molar-refractivity contribution in [2.75, 3.05) is 0 Å². The molecule has 0 radical (unpaired) electrons. The lowest BCUT2D eigenvalue weighted by Crippen LogP contribution is -2.11. The molecule has 0 saturated carbocycles. The summed E-state index contributed by atoms with van der Waals surface area (Å²) in [6.07, 6.45) is 0.466. The molecule has 0 N–H and O–H groups in total. The summed E-state index contributed by atoms with van der Waals surface area (Å²) in [4.78, 5) is 11.5. The van der Waals surface area contributed by atoms with Gasteiger partial charge in [-0.1, -0.05) is 26.0 Å². The van der Waals surface area contributed by atoms with Crippen LogP contribution in [0.25, 0.3) is 0 Å². The summed E-state index contributed by atoms with van der Waals surface area (Å²) < 4.78 is 5.30. The minimum Gasteiger partial charge on any atom is -0.426 e. The van der Waals surface area contributed by atoms with E-state index in [1.807, 2.05) is 45.9 Å². The Morgan fingerprint density at radius 2 is 2.00 bits per heavy atom. The zero-order valence-corrected chi connectivity index (χ0v) is 9.83. The molecule has 0 bridgehead atoms. The highest BCUT2D eigenvalue weighted by Crippen LogP contribution is 2.21. The molecule has 1 aromatic rings. The predicted molar refractivity (Wildman–Crippen MR) is 61.0 cm³/mol. The zero-order valence-electron chi connectivity index (χ0n) is 9.83. The number of esters is 1. The first-order valence-corrected chi connectivity index (χ1v) is 5.27. The maximum Gasteiger partial charge on any atom is 0.311 e. The molecule has 0 amide bonds. The molecule has 82 valence electrons. The number of benzene rings is 1. The van der Waals surface area contributed by atoms with E-state index in [9.17, 15) is 4.79 Å². The Morgan fingerprint density at radius 1 is 1.33 bits per heavy atom. The summed E-state index contributed by atoms with van der Waals surface area (Å²) in [7, 11) is 0. The number of aryl methyl sites for hydroxylation is 1. The van der Waals surface area contributed by atoms with Crippen LogP contribution in [-0.2, 0) is 4.79 Å². The SMILES string of the molecule is Cc1cccc(OC(=O)CC(C)C)c1C. The van der Waals surface area contributed by atoms with Crippen LogP contribution in [0.1, 0.15) is 31.4 Å². The molecule has 2 nitrogen and oxygen atoms in total. The van der Waals surface area contributed by atoms with Crippen molar-refractivity contribution in [2.45, 2.75) is 34.1 Å². The van der Waals surface area contributed by atoms with Crippen LogP contribution in [0.3, 0.4) is 0 Å². The first kappa shape index (κ1) is 11.8. The Kier molecular flexibility index (Phi) is 3.89. The van der Waals surface area contributed by atoms with Gasteiger partial charge >= 0.3 is 5.97 Å². The number of rotatable bonds is 3. The van der Waals surface area contributed by atoms with E-state index in [2.05, 4.69) is 0 Å². The molecule has 0 aliphatic rings. The van der Waals surface area contributed by atoms with E-state index >= 15 is 0 Å². The first-order chi connectivity index (χ1) is 7.00. The monoisotopic (exact) mass is 206 g/mol. The van der Waals surface area contributed by atoms with Gasteiger partial charge in [0.1, 0.15) is 5.75 Å². The first-order valence-electron chi connectivity index (χ1n) is 5.27. The van der Waals surface area contributed by atoms with Crippen molar-refractivity contribution in [1.29, 1.82) is 0 Å². The van der Waals surface area contributed by atoms with Gasteiger partial charge in [0.15, 0.2) is 0 Å². The van der Waals surface area contributed by atoms with E-state index in [0.29, 0.717) is 18.1 Å². The fourth-order valence-electron chi connectivity index (χ4n) is 1.33. The lowest BCUT2D eigenvalue weighted by Gasteiger charge is -2.10. The van der Waals surface area contributed by atoms with E-state index < -0.39 is 0 Å². The number of carbonyl (C=O) groups is 1. The predicted octanol–water partition coefficient (Wildman–Crippen LogP) is 3.25. The Morgan fingerprint density at radius 3 is 2.60 bits per heavy atom. The van der Waals surface area contributed by atoms with E-state index in [1.165, 1.54) is 0 Å². The third kappa shape index (κ3) is 3.39. The van der Waals surface area contributed by atoms with Gasteiger partial charge in [0.2, 0.25) is 0 Å². The molecule has 0 aliphatic carbocycles. The lowest BCUT2D eigenvalue weighted by molar-refractivity contribution is -0.135. The molecule has 15 heavy (non-hydrogen) atoms. The van der Waals surface area contributed by atoms with Crippen LogP contribution in [-0.4, -0.2) is 5.97 Å². The number of hydrogen-bond acceptors (Lipinski definition) is 2. The van der Waals surface area contributed by atoms with E-state index in [4.69, 9.17) is 4.74 Å². The highest BCUT2D eigenvalue weighted by molar-refractivity contribution is 5.73. The second kappa shape index (κ2) is 4.96. The molecule has 0 fully saturated rings. The molecule has 1 aromatic carbocycles.